The second kappa shape index (κ2) is 9.11. The van der Waals surface area contributed by atoms with Crippen molar-refractivity contribution in [3.8, 4) is 0 Å². The van der Waals surface area contributed by atoms with Crippen molar-refractivity contribution in [1.29, 1.82) is 0 Å². The van der Waals surface area contributed by atoms with Gasteiger partial charge in [-0.05, 0) is 31.2 Å². The van der Waals surface area contributed by atoms with E-state index in [9.17, 15) is 19.3 Å². The van der Waals surface area contributed by atoms with Crippen molar-refractivity contribution in [2.75, 3.05) is 0 Å². The molecule has 0 radical (unpaired) electrons. The molecule has 2 heterocycles. The van der Waals surface area contributed by atoms with Gasteiger partial charge in [-0.15, -0.1) is 11.3 Å². The number of non-ortho nitro benzene ring substituents is 1. The summed E-state index contributed by atoms with van der Waals surface area (Å²) < 4.78 is 17.1. The van der Waals surface area contributed by atoms with Crippen molar-refractivity contribution in [3.05, 3.63) is 110 Å². The predicted octanol–water partition coefficient (Wildman–Crippen LogP) is 6.02. The van der Waals surface area contributed by atoms with E-state index in [1.807, 2.05) is 41.8 Å². The molecular weight excluding hydrogens is 467 g/mol. The van der Waals surface area contributed by atoms with Gasteiger partial charge in [-0.2, -0.15) is 5.10 Å². The van der Waals surface area contributed by atoms with Crippen molar-refractivity contribution in [2.24, 2.45) is 5.10 Å². The van der Waals surface area contributed by atoms with Crippen LogP contribution in [0.4, 0.5) is 10.1 Å². The van der Waals surface area contributed by atoms with E-state index in [-0.39, 0.29) is 11.5 Å². The number of thiophene rings is 1. The molecule has 9 heteroatoms. The number of benzene rings is 3. The van der Waals surface area contributed by atoms with Crippen LogP contribution in [0.3, 0.4) is 0 Å². The van der Waals surface area contributed by atoms with Crippen LogP contribution >= 0.6 is 11.3 Å². The summed E-state index contributed by atoms with van der Waals surface area (Å²) in [4.78, 5) is 23.6. The largest absolute Gasteiger partial charge is 0.340 e. The fourth-order valence-electron chi connectivity index (χ4n) is 4.09. The Morgan fingerprint density at radius 3 is 2.71 bits per heavy atom. The Hall–Kier alpha value is -4.37. The molecule has 0 saturated heterocycles. The monoisotopic (exact) mass is 486 g/mol. The highest BCUT2D eigenvalue weighted by Crippen LogP contribution is 2.29. The van der Waals surface area contributed by atoms with Crippen molar-refractivity contribution in [3.63, 3.8) is 0 Å². The van der Waals surface area contributed by atoms with E-state index < -0.39 is 10.8 Å². The minimum atomic E-state index is -0.466. The van der Waals surface area contributed by atoms with Crippen molar-refractivity contribution in [2.45, 2.75) is 13.5 Å². The molecule has 1 N–H and O–H groups in total. The van der Waals surface area contributed by atoms with E-state index in [1.165, 1.54) is 29.5 Å². The van der Waals surface area contributed by atoms with Crippen LogP contribution in [0, 0.1) is 22.9 Å². The van der Waals surface area contributed by atoms with Crippen LogP contribution in [0.25, 0.3) is 21.0 Å². The van der Waals surface area contributed by atoms with Gasteiger partial charge in [-0.3, -0.25) is 14.9 Å². The number of nitro benzene ring substituents is 1. The highest BCUT2D eigenvalue weighted by atomic mass is 32.1. The van der Waals surface area contributed by atoms with Crippen LogP contribution in [0.1, 0.15) is 26.5 Å². The standard InChI is InChI=1S/C26H19FN4O3S/c1-16-21(20-7-3-5-9-23(20)30(16)15-17-6-2-4-8-22(17)27)14-28-29-26(32)25-13-18-12-19(31(33)34)10-11-24(18)35-25/h2-14H,15H2,1H3,(H,29,32)/b28-14-. The Labute approximate surface area is 203 Å². The summed E-state index contributed by atoms with van der Waals surface area (Å²) in [6.45, 7) is 2.30. The van der Waals surface area contributed by atoms with Crippen LogP contribution in [-0.4, -0.2) is 21.6 Å². The SMILES string of the molecule is Cc1c(/C=N\NC(=O)c2cc3cc([N+](=O)[O-])ccc3s2)c2ccccc2n1Cc1ccccc1F. The first-order valence-electron chi connectivity index (χ1n) is 10.7. The summed E-state index contributed by atoms with van der Waals surface area (Å²) in [5.41, 5.74) is 5.75. The maximum Gasteiger partial charge on any atom is 0.281 e. The molecule has 5 aromatic rings. The molecule has 1 amide bonds. The normalized spacial score (nSPS) is 11.5. The topological polar surface area (TPSA) is 89.5 Å². The zero-order valence-electron chi connectivity index (χ0n) is 18.6. The Morgan fingerprint density at radius 2 is 1.91 bits per heavy atom. The lowest BCUT2D eigenvalue weighted by Crippen LogP contribution is -2.16. The molecule has 3 aromatic carbocycles. The van der Waals surface area contributed by atoms with Gasteiger partial charge in [-0.25, -0.2) is 9.82 Å². The number of hydrazone groups is 1. The molecule has 7 nitrogen and oxygen atoms in total. The van der Waals surface area contributed by atoms with Crippen LogP contribution in [0.5, 0.6) is 0 Å². The molecular formula is C26H19FN4O3S. The molecule has 0 atom stereocenters. The number of nitro groups is 1. The maximum atomic E-state index is 14.3. The molecule has 0 unspecified atom stereocenters. The third kappa shape index (κ3) is 4.29. The highest BCUT2D eigenvalue weighted by molar-refractivity contribution is 7.20. The number of hydrogen-bond acceptors (Lipinski definition) is 5. The number of nitrogens with zero attached hydrogens (tertiary/aromatic N) is 3. The number of fused-ring (bicyclic) bond motifs is 2. The zero-order valence-corrected chi connectivity index (χ0v) is 19.4. The molecule has 0 bridgehead atoms. The van der Waals surface area contributed by atoms with Gasteiger partial charge in [0.05, 0.1) is 22.6 Å². The number of halogens is 1. The lowest BCUT2D eigenvalue weighted by atomic mass is 10.1. The van der Waals surface area contributed by atoms with Crippen molar-refractivity contribution >= 4 is 50.1 Å². The van der Waals surface area contributed by atoms with Crippen LogP contribution in [-0.2, 0) is 6.54 Å². The number of carbonyl (C=O) groups excluding carboxylic acids is 1. The quantitative estimate of drug-likeness (QED) is 0.181. The number of nitrogens with one attached hydrogen (secondary N) is 1. The van der Waals surface area contributed by atoms with E-state index in [4.69, 9.17) is 0 Å². The average molecular weight is 487 g/mol. The summed E-state index contributed by atoms with van der Waals surface area (Å²) in [6, 6.07) is 20.6. The molecule has 2 aromatic heterocycles. The molecule has 0 aliphatic heterocycles. The number of rotatable bonds is 6. The van der Waals surface area contributed by atoms with Gasteiger partial charge in [0.2, 0.25) is 0 Å². The molecule has 0 saturated carbocycles. The molecule has 35 heavy (non-hydrogen) atoms. The molecule has 5 rings (SSSR count). The lowest BCUT2D eigenvalue weighted by molar-refractivity contribution is -0.384. The third-order valence-corrected chi connectivity index (χ3v) is 6.98. The Kier molecular flexibility index (Phi) is 5.84. The third-order valence-electron chi connectivity index (χ3n) is 5.86. The Balaban J connectivity index is 1.41. The number of para-hydroxylation sites is 1. The second-order valence-corrected chi connectivity index (χ2v) is 9.07. The first kappa shape index (κ1) is 22.4. The number of carbonyl (C=O) groups is 1. The maximum absolute atomic E-state index is 14.3. The summed E-state index contributed by atoms with van der Waals surface area (Å²) in [5.74, 6) is -0.668. The minimum Gasteiger partial charge on any atom is -0.340 e. The molecule has 174 valence electrons. The smallest absolute Gasteiger partial charge is 0.281 e. The minimum absolute atomic E-state index is 0.0254. The number of hydrogen-bond donors (Lipinski definition) is 1. The number of amides is 1. The summed E-state index contributed by atoms with van der Waals surface area (Å²) in [7, 11) is 0. The van der Waals surface area contributed by atoms with Crippen molar-refractivity contribution < 1.29 is 14.1 Å². The van der Waals surface area contributed by atoms with E-state index in [0.29, 0.717) is 22.4 Å². The molecule has 0 spiro atoms. The van der Waals surface area contributed by atoms with Gasteiger partial charge in [0, 0.05) is 49.9 Å². The van der Waals surface area contributed by atoms with Gasteiger partial charge >= 0.3 is 0 Å². The van der Waals surface area contributed by atoms with E-state index in [0.717, 1.165) is 26.9 Å². The average Bonchev–Trinajstić information content (AvgIpc) is 3.40. The van der Waals surface area contributed by atoms with Gasteiger partial charge in [0.1, 0.15) is 5.82 Å². The molecule has 0 fully saturated rings. The predicted molar refractivity (Wildman–Crippen MR) is 136 cm³/mol. The molecule has 0 aliphatic rings. The van der Waals surface area contributed by atoms with Gasteiger partial charge in [0.15, 0.2) is 0 Å². The van der Waals surface area contributed by atoms with Crippen molar-refractivity contribution in [1.82, 2.24) is 9.99 Å². The first-order valence-corrected chi connectivity index (χ1v) is 11.6. The highest BCUT2D eigenvalue weighted by Gasteiger charge is 2.15. The summed E-state index contributed by atoms with van der Waals surface area (Å²) in [5, 5.41) is 16.7. The lowest BCUT2D eigenvalue weighted by Gasteiger charge is -2.09. The van der Waals surface area contributed by atoms with Gasteiger partial charge < -0.3 is 4.57 Å². The van der Waals surface area contributed by atoms with Crippen LogP contribution < -0.4 is 5.43 Å². The summed E-state index contributed by atoms with van der Waals surface area (Å²) in [6.07, 6.45) is 1.59. The van der Waals surface area contributed by atoms with Gasteiger partial charge in [0.25, 0.3) is 11.6 Å². The first-order chi connectivity index (χ1) is 16.9. The van der Waals surface area contributed by atoms with E-state index >= 15 is 0 Å². The Bertz CT molecular complexity index is 1640. The summed E-state index contributed by atoms with van der Waals surface area (Å²) >= 11 is 1.24. The fraction of sp³-hybridized carbons (Fsp3) is 0.0769. The van der Waals surface area contributed by atoms with E-state index in [2.05, 4.69) is 10.5 Å². The van der Waals surface area contributed by atoms with Crippen LogP contribution in [0.2, 0.25) is 0 Å². The fourth-order valence-corrected chi connectivity index (χ4v) is 5.02. The van der Waals surface area contributed by atoms with E-state index in [1.54, 1.807) is 30.5 Å². The zero-order chi connectivity index (χ0) is 24.5. The van der Waals surface area contributed by atoms with Crippen LogP contribution in [0.15, 0.2) is 77.9 Å². The Morgan fingerprint density at radius 1 is 1.14 bits per heavy atom. The number of aromatic nitrogens is 1. The van der Waals surface area contributed by atoms with Gasteiger partial charge in [-0.1, -0.05) is 36.4 Å². The molecule has 0 aliphatic carbocycles. The second-order valence-electron chi connectivity index (χ2n) is 7.98.